The number of carbonyl (C=O) groups is 2. The van der Waals surface area contributed by atoms with Gasteiger partial charge in [0.05, 0.1) is 20.1 Å². The van der Waals surface area contributed by atoms with Gasteiger partial charge in [0.15, 0.2) is 5.78 Å². The Balaban J connectivity index is 2.94. The number of unbranched alkanes of at least 4 members (excludes halogenated alkanes) is 1. The third kappa shape index (κ3) is 6.70. The first kappa shape index (κ1) is 20.9. The minimum Gasteiger partial charge on any atom is -0.501 e. The van der Waals surface area contributed by atoms with E-state index in [4.69, 9.17) is 14.2 Å². The van der Waals surface area contributed by atoms with Gasteiger partial charge in [-0.1, -0.05) is 50.1 Å². The van der Waals surface area contributed by atoms with E-state index in [0.717, 1.165) is 18.4 Å². The van der Waals surface area contributed by atoms with Crippen molar-refractivity contribution in [2.24, 2.45) is 5.92 Å². The minimum atomic E-state index is -0.875. The van der Waals surface area contributed by atoms with Gasteiger partial charge in [0, 0.05) is 19.6 Å². The van der Waals surface area contributed by atoms with Crippen LogP contribution in [0.3, 0.4) is 0 Å². The molecule has 0 spiro atoms. The lowest BCUT2D eigenvalue weighted by atomic mass is 9.92. The van der Waals surface area contributed by atoms with Crippen molar-refractivity contribution in [3.05, 3.63) is 47.7 Å². The van der Waals surface area contributed by atoms with Crippen molar-refractivity contribution in [3.63, 3.8) is 0 Å². The van der Waals surface area contributed by atoms with Crippen LogP contribution in [0.25, 0.3) is 0 Å². The molecule has 5 heteroatoms. The van der Waals surface area contributed by atoms with Gasteiger partial charge in [-0.25, -0.2) is 0 Å². The highest BCUT2D eigenvalue weighted by Crippen LogP contribution is 2.20. The molecular formula is C20H28O5. The number of ketones is 1. The standard InChI is InChI=1S/C20H28O5/c1-5-6-12-17(20(22)25-4)19(24-3)18(21)14-16(23-2)13-15-10-8-7-9-11-15/h7-11,14,17,19H,5-6,12-13H2,1-4H3/b16-14-. The monoisotopic (exact) mass is 348 g/mol. The lowest BCUT2D eigenvalue weighted by Gasteiger charge is -2.22. The first-order chi connectivity index (χ1) is 12.1. The number of carbonyl (C=O) groups excluding carboxylic acids is 2. The first-order valence-corrected chi connectivity index (χ1v) is 8.50. The second-order valence-electron chi connectivity index (χ2n) is 5.81. The predicted molar refractivity (Wildman–Crippen MR) is 96.1 cm³/mol. The summed E-state index contributed by atoms with van der Waals surface area (Å²) in [5.41, 5.74) is 1.04. The number of hydrogen-bond acceptors (Lipinski definition) is 5. The topological polar surface area (TPSA) is 61.8 Å². The number of benzene rings is 1. The van der Waals surface area contributed by atoms with Crippen LogP contribution in [-0.4, -0.2) is 39.2 Å². The largest absolute Gasteiger partial charge is 0.501 e. The number of allylic oxidation sites excluding steroid dienone is 1. The summed E-state index contributed by atoms with van der Waals surface area (Å²) >= 11 is 0. The third-order valence-corrected chi connectivity index (χ3v) is 4.06. The summed E-state index contributed by atoms with van der Waals surface area (Å²) in [5, 5.41) is 0. The predicted octanol–water partition coefficient (Wildman–Crippen LogP) is 3.32. The fourth-order valence-electron chi connectivity index (χ4n) is 2.67. The molecule has 0 bridgehead atoms. The first-order valence-electron chi connectivity index (χ1n) is 8.50. The van der Waals surface area contributed by atoms with Gasteiger partial charge in [-0.15, -0.1) is 0 Å². The van der Waals surface area contributed by atoms with Crippen molar-refractivity contribution >= 4 is 11.8 Å². The van der Waals surface area contributed by atoms with Crippen molar-refractivity contribution in [3.8, 4) is 0 Å². The Labute approximate surface area is 150 Å². The second kappa shape index (κ2) is 11.4. The van der Waals surface area contributed by atoms with Crippen LogP contribution in [0, 0.1) is 5.92 Å². The summed E-state index contributed by atoms with van der Waals surface area (Å²) in [5.74, 6) is -0.809. The Bertz CT molecular complexity index is 565. The zero-order chi connectivity index (χ0) is 18.7. The van der Waals surface area contributed by atoms with Gasteiger partial charge in [0.25, 0.3) is 0 Å². The normalized spacial score (nSPS) is 13.8. The minimum absolute atomic E-state index is 0.290. The van der Waals surface area contributed by atoms with Gasteiger partial charge in [0.1, 0.15) is 11.9 Å². The number of methoxy groups -OCH3 is 3. The zero-order valence-corrected chi connectivity index (χ0v) is 15.5. The van der Waals surface area contributed by atoms with Crippen LogP contribution in [0.1, 0.15) is 31.7 Å². The maximum Gasteiger partial charge on any atom is 0.311 e. The lowest BCUT2D eigenvalue weighted by molar-refractivity contribution is -0.154. The Kier molecular flexibility index (Phi) is 9.55. The summed E-state index contributed by atoms with van der Waals surface area (Å²) in [4.78, 5) is 24.7. The fraction of sp³-hybridized carbons (Fsp3) is 0.500. The molecule has 0 heterocycles. The molecule has 2 atom stereocenters. The van der Waals surface area contributed by atoms with E-state index in [-0.39, 0.29) is 5.78 Å². The maximum atomic E-state index is 12.7. The molecule has 0 aliphatic rings. The summed E-state index contributed by atoms with van der Waals surface area (Å²) in [6, 6.07) is 9.72. The van der Waals surface area contributed by atoms with Crippen molar-refractivity contribution in [1.29, 1.82) is 0 Å². The van der Waals surface area contributed by atoms with Crippen LogP contribution >= 0.6 is 0 Å². The molecule has 0 saturated carbocycles. The Morgan fingerprint density at radius 3 is 2.28 bits per heavy atom. The van der Waals surface area contributed by atoms with Crippen LogP contribution in [0.15, 0.2) is 42.2 Å². The summed E-state index contributed by atoms with van der Waals surface area (Å²) in [6.07, 6.45) is 3.33. The van der Waals surface area contributed by atoms with Gasteiger partial charge in [0.2, 0.25) is 0 Å². The second-order valence-corrected chi connectivity index (χ2v) is 5.81. The molecule has 25 heavy (non-hydrogen) atoms. The van der Waals surface area contributed by atoms with Gasteiger partial charge in [-0.3, -0.25) is 9.59 Å². The van der Waals surface area contributed by atoms with Gasteiger partial charge < -0.3 is 14.2 Å². The molecule has 0 radical (unpaired) electrons. The maximum absolute atomic E-state index is 12.7. The molecular weight excluding hydrogens is 320 g/mol. The van der Waals surface area contributed by atoms with Crippen molar-refractivity contribution in [2.45, 2.75) is 38.7 Å². The van der Waals surface area contributed by atoms with Gasteiger partial charge in [-0.05, 0) is 12.0 Å². The Hall–Kier alpha value is -2.14. The fourth-order valence-corrected chi connectivity index (χ4v) is 2.67. The van der Waals surface area contributed by atoms with Crippen LogP contribution in [0.2, 0.25) is 0 Å². The van der Waals surface area contributed by atoms with E-state index in [9.17, 15) is 9.59 Å². The van der Waals surface area contributed by atoms with E-state index in [1.807, 2.05) is 37.3 Å². The van der Waals surface area contributed by atoms with Crippen molar-refractivity contribution in [1.82, 2.24) is 0 Å². The highest BCUT2D eigenvalue weighted by atomic mass is 16.5. The number of rotatable bonds is 11. The van der Waals surface area contributed by atoms with Gasteiger partial charge >= 0.3 is 5.97 Å². The average molecular weight is 348 g/mol. The Morgan fingerprint density at radius 1 is 1.08 bits per heavy atom. The quantitative estimate of drug-likeness (QED) is 0.349. The van der Waals surface area contributed by atoms with E-state index >= 15 is 0 Å². The molecule has 1 aromatic carbocycles. The van der Waals surface area contributed by atoms with E-state index in [1.165, 1.54) is 27.4 Å². The molecule has 138 valence electrons. The lowest BCUT2D eigenvalue weighted by Crippen LogP contribution is -2.36. The summed E-state index contributed by atoms with van der Waals surface area (Å²) in [6.45, 7) is 2.03. The highest BCUT2D eigenvalue weighted by molar-refractivity contribution is 5.97. The van der Waals surface area contributed by atoms with E-state index in [0.29, 0.717) is 18.6 Å². The Morgan fingerprint density at radius 2 is 1.76 bits per heavy atom. The van der Waals surface area contributed by atoms with E-state index in [1.54, 1.807) is 0 Å². The number of esters is 1. The third-order valence-electron chi connectivity index (χ3n) is 4.06. The molecule has 5 nitrogen and oxygen atoms in total. The van der Waals surface area contributed by atoms with Crippen LogP contribution in [0.4, 0.5) is 0 Å². The molecule has 0 aliphatic carbocycles. The average Bonchev–Trinajstić information content (AvgIpc) is 2.64. The molecule has 0 fully saturated rings. The molecule has 0 aromatic heterocycles. The van der Waals surface area contributed by atoms with Crippen LogP contribution in [-0.2, 0) is 30.2 Å². The van der Waals surface area contributed by atoms with Gasteiger partial charge in [-0.2, -0.15) is 0 Å². The molecule has 0 amide bonds. The highest BCUT2D eigenvalue weighted by Gasteiger charge is 2.33. The SMILES string of the molecule is CCCCC(C(=O)OC)C(OC)C(=O)/C=C(/Cc1ccccc1)OC. The molecule has 0 saturated heterocycles. The molecule has 2 unspecified atom stereocenters. The van der Waals surface area contributed by atoms with Crippen LogP contribution in [0.5, 0.6) is 0 Å². The van der Waals surface area contributed by atoms with Crippen LogP contribution < -0.4 is 0 Å². The number of ether oxygens (including phenoxy) is 3. The molecule has 1 rings (SSSR count). The molecule has 0 aliphatic heterocycles. The number of hydrogen-bond donors (Lipinski definition) is 0. The molecule has 0 N–H and O–H groups in total. The smallest absolute Gasteiger partial charge is 0.311 e. The van der Waals surface area contributed by atoms with E-state index in [2.05, 4.69) is 0 Å². The molecule has 1 aromatic rings. The summed E-state index contributed by atoms with van der Waals surface area (Å²) < 4.78 is 15.5. The summed E-state index contributed by atoms with van der Waals surface area (Å²) in [7, 11) is 4.28. The van der Waals surface area contributed by atoms with Crippen molar-refractivity contribution < 1.29 is 23.8 Å². The van der Waals surface area contributed by atoms with E-state index < -0.39 is 18.0 Å². The van der Waals surface area contributed by atoms with Crippen molar-refractivity contribution in [2.75, 3.05) is 21.3 Å². The zero-order valence-electron chi connectivity index (χ0n) is 15.5.